The van der Waals surface area contributed by atoms with Crippen LogP contribution in [-0.2, 0) is 14.4 Å². The summed E-state index contributed by atoms with van der Waals surface area (Å²) in [5.74, 6) is -4.46. The van der Waals surface area contributed by atoms with Gasteiger partial charge in [-0.25, -0.2) is 4.79 Å². The number of carbonyl (C=O) groups excluding carboxylic acids is 2. The van der Waals surface area contributed by atoms with Gasteiger partial charge in [-0.1, -0.05) is 30.3 Å². The molecule has 1 saturated carbocycles. The highest BCUT2D eigenvalue weighted by molar-refractivity contribution is 5.99. The summed E-state index contributed by atoms with van der Waals surface area (Å²) in [4.78, 5) is 36.9. The molecule has 10 nitrogen and oxygen atoms in total. The number of carbonyl (C=O) groups is 3. The zero-order chi connectivity index (χ0) is 34.2. The number of benzene rings is 2. The molecule has 5 atom stereocenters. The maximum Gasteiger partial charge on any atom is 0.490 e. The molecule has 0 radical (unpaired) electrons. The average Bonchev–Trinajstić information content (AvgIpc) is 3.74. The monoisotopic (exact) mass is 653 g/mol. The van der Waals surface area contributed by atoms with Crippen molar-refractivity contribution in [2.75, 3.05) is 0 Å². The Kier molecular flexibility index (Phi) is 9.28. The highest BCUT2D eigenvalue weighted by Gasteiger charge is 2.54. The SMILES string of the molecule is CC1(C)CC(=O)N(C(c2cccc(C#N)c2)[C@@H]2C[C@H]2C(=O)N[C@H]2C[C@H](C(F)(F)F)Oc3ccccc32)C(=N)N1.O=C(O)C(F)(F)F. The smallest absolute Gasteiger partial charge is 0.480 e. The number of para-hydroxylation sites is 1. The first kappa shape index (κ1) is 34.1. The van der Waals surface area contributed by atoms with E-state index in [4.69, 9.17) is 20.0 Å². The molecule has 1 aliphatic carbocycles. The maximum atomic E-state index is 13.5. The van der Waals surface area contributed by atoms with Gasteiger partial charge in [0, 0.05) is 29.9 Å². The number of aliphatic carboxylic acids is 1. The molecule has 1 unspecified atom stereocenters. The van der Waals surface area contributed by atoms with Gasteiger partial charge in [0.25, 0.3) is 0 Å². The number of fused-ring (bicyclic) bond motifs is 1. The molecule has 0 bridgehead atoms. The van der Waals surface area contributed by atoms with Crippen LogP contribution in [0.1, 0.15) is 61.9 Å². The van der Waals surface area contributed by atoms with Crippen molar-refractivity contribution >= 4 is 23.7 Å². The van der Waals surface area contributed by atoms with Gasteiger partial charge in [0.1, 0.15) is 5.75 Å². The van der Waals surface area contributed by atoms with Crippen molar-refractivity contribution in [3.05, 3.63) is 65.2 Å². The summed E-state index contributed by atoms with van der Waals surface area (Å²) in [6.45, 7) is 3.63. The van der Waals surface area contributed by atoms with E-state index in [9.17, 15) is 41.2 Å². The second kappa shape index (κ2) is 12.5. The van der Waals surface area contributed by atoms with Crippen LogP contribution >= 0.6 is 0 Å². The lowest BCUT2D eigenvalue weighted by Crippen LogP contribution is -2.60. The Labute approximate surface area is 258 Å². The fourth-order valence-corrected chi connectivity index (χ4v) is 5.59. The van der Waals surface area contributed by atoms with Crippen molar-refractivity contribution in [2.24, 2.45) is 11.8 Å². The molecule has 3 aliphatic rings. The molecule has 2 aromatic carbocycles. The van der Waals surface area contributed by atoms with Gasteiger partial charge in [-0.05, 0) is 49.9 Å². The van der Waals surface area contributed by atoms with Crippen LogP contribution in [0, 0.1) is 28.6 Å². The van der Waals surface area contributed by atoms with Crippen molar-refractivity contribution in [3.63, 3.8) is 0 Å². The van der Waals surface area contributed by atoms with Gasteiger partial charge in [-0.15, -0.1) is 0 Å². The molecular weight excluding hydrogens is 624 g/mol. The van der Waals surface area contributed by atoms with Gasteiger partial charge in [-0.3, -0.25) is 19.9 Å². The molecule has 16 heteroatoms. The number of halogens is 6. The average molecular weight is 654 g/mol. The third kappa shape index (κ3) is 7.69. The van der Waals surface area contributed by atoms with Crippen LogP contribution in [0.25, 0.3) is 0 Å². The van der Waals surface area contributed by atoms with E-state index >= 15 is 0 Å². The number of alkyl halides is 6. The number of ether oxygens (including phenoxy) is 1. The van der Waals surface area contributed by atoms with E-state index in [0.717, 1.165) is 0 Å². The Morgan fingerprint density at radius 3 is 2.37 bits per heavy atom. The quantitative estimate of drug-likeness (QED) is 0.332. The summed E-state index contributed by atoms with van der Waals surface area (Å²) >= 11 is 0. The van der Waals surface area contributed by atoms with E-state index in [0.29, 0.717) is 23.1 Å². The summed E-state index contributed by atoms with van der Waals surface area (Å²) in [5, 5.41) is 31.0. The van der Waals surface area contributed by atoms with E-state index in [1.165, 1.54) is 11.0 Å². The van der Waals surface area contributed by atoms with Gasteiger partial charge in [0.15, 0.2) is 12.1 Å². The Morgan fingerprint density at radius 2 is 1.78 bits per heavy atom. The minimum atomic E-state index is -5.08. The van der Waals surface area contributed by atoms with Gasteiger partial charge >= 0.3 is 18.3 Å². The molecule has 0 aromatic heterocycles. The largest absolute Gasteiger partial charge is 0.490 e. The summed E-state index contributed by atoms with van der Waals surface area (Å²) in [6, 6.07) is 13.5. The minimum absolute atomic E-state index is 0.0796. The zero-order valence-corrected chi connectivity index (χ0v) is 24.4. The lowest BCUT2D eigenvalue weighted by molar-refractivity contribution is -0.201. The van der Waals surface area contributed by atoms with E-state index in [2.05, 4.69) is 16.7 Å². The molecule has 2 aromatic rings. The number of rotatable bonds is 5. The molecule has 1 saturated heterocycles. The van der Waals surface area contributed by atoms with Gasteiger partial charge in [-0.2, -0.15) is 31.6 Å². The van der Waals surface area contributed by atoms with Gasteiger partial charge in [0.05, 0.1) is 23.7 Å². The van der Waals surface area contributed by atoms with Crippen LogP contribution in [0.15, 0.2) is 48.5 Å². The fourth-order valence-electron chi connectivity index (χ4n) is 5.59. The van der Waals surface area contributed by atoms with Crippen LogP contribution in [-0.4, -0.2) is 57.7 Å². The number of nitriles is 1. The molecule has 2 aliphatic heterocycles. The standard InChI is InChI=1S/C28H28F3N5O3.C2HF3O2/c1-27(2)13-23(37)36(26(33)35-27)24(16-7-5-6-15(10-16)14-32)18-11-19(18)25(38)34-20-12-22(28(29,30)31)39-21-9-4-3-8-17(20)21;3-2(4,5)1(6)7/h3-10,18-20,22,24H,11-13H2,1-2H3,(H2,33,35)(H,34,38);(H,6,7)/t18-,19-,20+,22-,24?;/m1./s1. The molecule has 2 fully saturated rings. The molecule has 46 heavy (non-hydrogen) atoms. The number of carboxylic acid groups (broad SMARTS) is 1. The molecule has 4 N–H and O–H groups in total. The lowest BCUT2D eigenvalue weighted by Gasteiger charge is -2.42. The minimum Gasteiger partial charge on any atom is -0.480 e. The first-order chi connectivity index (χ1) is 21.3. The second-order valence-corrected chi connectivity index (χ2v) is 11.8. The molecule has 5 rings (SSSR count). The van der Waals surface area contributed by atoms with Crippen molar-refractivity contribution < 1.29 is 50.6 Å². The maximum absolute atomic E-state index is 13.5. The summed E-state index contributed by atoms with van der Waals surface area (Å²) in [6.07, 6.45) is -11.7. The zero-order valence-electron chi connectivity index (χ0n) is 24.4. The number of nitrogens with one attached hydrogen (secondary N) is 3. The van der Waals surface area contributed by atoms with Crippen molar-refractivity contribution in [3.8, 4) is 11.8 Å². The highest BCUT2D eigenvalue weighted by Crippen LogP contribution is 2.52. The van der Waals surface area contributed by atoms with E-state index < -0.39 is 60.3 Å². The number of amides is 2. The lowest BCUT2D eigenvalue weighted by atomic mass is 9.92. The molecule has 0 spiro atoms. The van der Waals surface area contributed by atoms with Gasteiger partial charge in [0.2, 0.25) is 11.8 Å². The topological polar surface area (TPSA) is 156 Å². The predicted molar refractivity (Wildman–Crippen MR) is 148 cm³/mol. The van der Waals surface area contributed by atoms with Crippen molar-refractivity contribution in [1.82, 2.24) is 15.5 Å². The highest BCUT2D eigenvalue weighted by atomic mass is 19.4. The molecule has 246 valence electrons. The van der Waals surface area contributed by atoms with Gasteiger partial charge < -0.3 is 20.5 Å². The van der Waals surface area contributed by atoms with E-state index in [-0.39, 0.29) is 30.0 Å². The second-order valence-electron chi connectivity index (χ2n) is 11.8. The third-order valence-electron chi connectivity index (χ3n) is 7.71. The first-order valence-corrected chi connectivity index (χ1v) is 13.9. The number of hydrogen-bond donors (Lipinski definition) is 4. The third-order valence-corrected chi connectivity index (χ3v) is 7.71. The number of nitrogens with zero attached hydrogens (tertiary/aromatic N) is 2. The summed E-state index contributed by atoms with van der Waals surface area (Å²) < 4.78 is 77.5. The molecule has 2 heterocycles. The van der Waals surface area contributed by atoms with Crippen LogP contribution < -0.4 is 15.4 Å². The van der Waals surface area contributed by atoms with Crippen LogP contribution in [0.5, 0.6) is 5.75 Å². The Bertz CT molecular complexity index is 1550. The van der Waals surface area contributed by atoms with Crippen molar-refractivity contribution in [2.45, 2.75) is 69.2 Å². The van der Waals surface area contributed by atoms with E-state index in [1.807, 2.05) is 13.8 Å². The predicted octanol–water partition coefficient (Wildman–Crippen LogP) is 4.97. The Balaban J connectivity index is 0.000000617. The first-order valence-electron chi connectivity index (χ1n) is 13.9. The van der Waals surface area contributed by atoms with Crippen LogP contribution in [0.4, 0.5) is 26.3 Å². The Hall–Kier alpha value is -4.81. The summed E-state index contributed by atoms with van der Waals surface area (Å²) in [5.41, 5.74) is 0.847. The molecule has 2 amide bonds. The summed E-state index contributed by atoms with van der Waals surface area (Å²) in [7, 11) is 0. The molecular formula is C30H29F6N5O5. The number of guanidine groups is 1. The fraction of sp³-hybridized carbons (Fsp3) is 0.433. The number of hydrogen-bond acceptors (Lipinski definition) is 6. The van der Waals surface area contributed by atoms with Crippen molar-refractivity contribution in [1.29, 1.82) is 10.7 Å². The Morgan fingerprint density at radius 1 is 1.13 bits per heavy atom. The van der Waals surface area contributed by atoms with E-state index in [1.54, 1.807) is 42.5 Å². The normalized spacial score (nSPS) is 24.1. The number of carboxylic acids is 1. The van der Waals surface area contributed by atoms with Crippen LogP contribution in [0.2, 0.25) is 0 Å². The van der Waals surface area contributed by atoms with Crippen LogP contribution in [0.3, 0.4) is 0 Å².